The Morgan fingerprint density at radius 2 is 1.68 bits per heavy atom. The molecule has 1 aromatic heterocycles. The first kappa shape index (κ1) is 17.2. The second kappa shape index (κ2) is 6.37. The lowest BCUT2D eigenvalue weighted by molar-refractivity contribution is -0.160. The van der Waals surface area contributed by atoms with Crippen molar-refractivity contribution in [3.63, 3.8) is 0 Å². The zero-order valence-corrected chi connectivity index (χ0v) is 14.9. The van der Waals surface area contributed by atoms with Gasteiger partial charge in [0.05, 0.1) is 0 Å². The number of H-pyrrole nitrogens is 1. The summed E-state index contributed by atoms with van der Waals surface area (Å²) in [5.41, 5.74) is 7.20. The number of para-hydroxylation sites is 1. The Hall–Kier alpha value is -2.59. The molecule has 0 bridgehead atoms. The van der Waals surface area contributed by atoms with Gasteiger partial charge in [-0.2, -0.15) is 0 Å². The van der Waals surface area contributed by atoms with Gasteiger partial charge in [0.15, 0.2) is 0 Å². The first-order valence-corrected chi connectivity index (χ1v) is 8.44. The molecule has 25 heavy (non-hydrogen) atoms. The average Bonchev–Trinajstić information content (AvgIpc) is 3.00. The highest BCUT2D eigenvalue weighted by molar-refractivity contribution is 5.96. The van der Waals surface area contributed by atoms with Crippen molar-refractivity contribution in [2.45, 2.75) is 31.8 Å². The molecule has 3 rings (SSSR count). The second-order valence-electron chi connectivity index (χ2n) is 7.23. The summed E-state index contributed by atoms with van der Waals surface area (Å²) < 4.78 is 5.79. The van der Waals surface area contributed by atoms with E-state index in [-0.39, 0.29) is 12.5 Å². The maximum Gasteiger partial charge on any atom is 0.322 e. The Labute approximate surface area is 148 Å². The van der Waals surface area contributed by atoms with Gasteiger partial charge in [0.1, 0.15) is 11.0 Å². The molecule has 0 unspecified atom stereocenters. The number of carbonyl (C=O) groups is 1. The van der Waals surface area contributed by atoms with Crippen LogP contribution < -0.4 is 5.73 Å². The van der Waals surface area contributed by atoms with Crippen LogP contribution in [0, 0.1) is 0 Å². The maximum atomic E-state index is 13.3. The van der Waals surface area contributed by atoms with E-state index in [2.05, 4.69) is 4.98 Å². The zero-order valence-electron chi connectivity index (χ0n) is 14.9. The molecule has 3 aromatic rings. The fourth-order valence-electron chi connectivity index (χ4n) is 3.21. The van der Waals surface area contributed by atoms with Crippen molar-refractivity contribution in [1.82, 2.24) is 4.98 Å². The van der Waals surface area contributed by atoms with Gasteiger partial charge in [-0.3, -0.25) is 4.79 Å². The number of nitrogens with one attached hydrogen (secondary N) is 1. The lowest BCUT2D eigenvalue weighted by Crippen LogP contribution is -2.47. The molecule has 0 radical (unpaired) electrons. The summed E-state index contributed by atoms with van der Waals surface area (Å²) >= 11 is 0. The van der Waals surface area contributed by atoms with Crippen molar-refractivity contribution in [3.05, 3.63) is 71.9 Å². The quantitative estimate of drug-likeness (QED) is 0.713. The number of fused-ring (bicyclic) bond motifs is 1. The van der Waals surface area contributed by atoms with Crippen LogP contribution >= 0.6 is 0 Å². The molecule has 1 heterocycles. The third-order valence-electron chi connectivity index (χ3n) is 4.37. The third-order valence-corrected chi connectivity index (χ3v) is 4.37. The Kier molecular flexibility index (Phi) is 4.39. The van der Waals surface area contributed by atoms with E-state index >= 15 is 0 Å². The predicted octanol–water partition coefficient (Wildman–Crippen LogP) is 3.75. The third kappa shape index (κ3) is 3.05. The molecule has 1 atom stereocenters. The maximum absolute atomic E-state index is 13.3. The van der Waals surface area contributed by atoms with Crippen LogP contribution in [0.5, 0.6) is 0 Å². The minimum atomic E-state index is -1.06. The van der Waals surface area contributed by atoms with Crippen LogP contribution in [0.15, 0.2) is 60.8 Å². The van der Waals surface area contributed by atoms with E-state index in [4.69, 9.17) is 10.5 Å². The van der Waals surface area contributed by atoms with Crippen LogP contribution in [0.1, 0.15) is 31.9 Å². The van der Waals surface area contributed by atoms with Crippen LogP contribution in [-0.2, 0) is 14.9 Å². The molecular weight excluding hydrogens is 312 g/mol. The highest BCUT2D eigenvalue weighted by Crippen LogP contribution is 2.38. The number of esters is 1. The van der Waals surface area contributed by atoms with E-state index in [1.807, 2.05) is 81.6 Å². The molecule has 3 N–H and O–H groups in total. The molecule has 0 aliphatic heterocycles. The van der Waals surface area contributed by atoms with Gasteiger partial charge in [0.25, 0.3) is 0 Å². The Bertz CT molecular complexity index is 878. The summed E-state index contributed by atoms with van der Waals surface area (Å²) in [5, 5.41) is 0.975. The van der Waals surface area contributed by atoms with Gasteiger partial charge in [-0.1, -0.05) is 48.5 Å². The molecule has 4 nitrogen and oxygen atoms in total. The number of ether oxygens (including phenoxy) is 1. The highest BCUT2D eigenvalue weighted by Gasteiger charge is 2.45. The van der Waals surface area contributed by atoms with Crippen molar-refractivity contribution < 1.29 is 9.53 Å². The standard InChI is InChI=1S/C21H24N2O2/c1-20(2,3)25-19(24)21(14-22,15-9-5-4-6-10-15)17-13-23-18-12-8-7-11-16(17)18/h4-13,23H,14,22H2,1-3H3/t21-/m0/s1. The van der Waals surface area contributed by atoms with Gasteiger partial charge in [-0.15, -0.1) is 0 Å². The summed E-state index contributed by atoms with van der Waals surface area (Å²) in [6, 6.07) is 17.5. The van der Waals surface area contributed by atoms with Crippen LogP contribution in [0.4, 0.5) is 0 Å². The molecule has 0 aliphatic carbocycles. The first-order valence-electron chi connectivity index (χ1n) is 8.44. The van der Waals surface area contributed by atoms with Gasteiger partial charge in [0.2, 0.25) is 0 Å². The minimum Gasteiger partial charge on any atom is -0.459 e. The molecule has 0 fully saturated rings. The van der Waals surface area contributed by atoms with Crippen molar-refractivity contribution >= 4 is 16.9 Å². The number of aromatic amines is 1. The number of hydrogen-bond donors (Lipinski definition) is 2. The number of aromatic nitrogens is 1. The van der Waals surface area contributed by atoms with Crippen LogP contribution in [0.3, 0.4) is 0 Å². The lowest BCUT2D eigenvalue weighted by Gasteiger charge is -2.34. The summed E-state index contributed by atoms with van der Waals surface area (Å²) in [7, 11) is 0. The Morgan fingerprint density at radius 3 is 2.32 bits per heavy atom. The number of rotatable bonds is 4. The number of benzene rings is 2. The van der Waals surface area contributed by atoms with Gasteiger partial charge in [0, 0.05) is 29.2 Å². The monoisotopic (exact) mass is 336 g/mol. The van der Waals surface area contributed by atoms with Gasteiger partial charge < -0.3 is 15.5 Å². The smallest absolute Gasteiger partial charge is 0.322 e. The fraction of sp³-hybridized carbons (Fsp3) is 0.286. The molecule has 0 saturated heterocycles. The molecule has 0 saturated carbocycles. The van der Waals surface area contributed by atoms with Crippen LogP contribution in [0.25, 0.3) is 10.9 Å². The Morgan fingerprint density at radius 1 is 1.04 bits per heavy atom. The summed E-state index contributed by atoms with van der Waals surface area (Å²) in [4.78, 5) is 16.6. The number of hydrogen-bond acceptors (Lipinski definition) is 3. The predicted molar refractivity (Wildman–Crippen MR) is 100 cm³/mol. The van der Waals surface area contributed by atoms with Crippen molar-refractivity contribution in [2.24, 2.45) is 5.73 Å². The Balaban J connectivity index is 2.27. The molecule has 0 amide bonds. The van der Waals surface area contributed by atoms with Gasteiger partial charge >= 0.3 is 5.97 Å². The lowest BCUT2D eigenvalue weighted by atomic mass is 9.74. The molecule has 0 spiro atoms. The van der Waals surface area contributed by atoms with E-state index in [0.717, 1.165) is 22.0 Å². The topological polar surface area (TPSA) is 68.1 Å². The summed E-state index contributed by atoms with van der Waals surface area (Å²) in [6.45, 7) is 5.72. The minimum absolute atomic E-state index is 0.119. The summed E-state index contributed by atoms with van der Waals surface area (Å²) in [5.74, 6) is -0.335. The molecule has 0 aliphatic rings. The van der Waals surface area contributed by atoms with Crippen LogP contribution in [-0.4, -0.2) is 23.1 Å². The molecular formula is C21H24N2O2. The molecule has 4 heteroatoms. The van der Waals surface area contributed by atoms with Crippen molar-refractivity contribution in [2.75, 3.05) is 6.54 Å². The van der Waals surface area contributed by atoms with E-state index in [1.165, 1.54) is 0 Å². The average molecular weight is 336 g/mol. The first-order chi connectivity index (χ1) is 11.9. The van der Waals surface area contributed by atoms with Gasteiger partial charge in [-0.25, -0.2) is 0 Å². The molecule has 2 aromatic carbocycles. The number of nitrogens with two attached hydrogens (primary N) is 1. The van der Waals surface area contributed by atoms with E-state index in [0.29, 0.717) is 0 Å². The van der Waals surface area contributed by atoms with Gasteiger partial charge in [-0.05, 0) is 32.4 Å². The van der Waals surface area contributed by atoms with Crippen LogP contribution in [0.2, 0.25) is 0 Å². The largest absolute Gasteiger partial charge is 0.459 e. The normalized spacial score (nSPS) is 14.2. The van der Waals surface area contributed by atoms with E-state index in [9.17, 15) is 4.79 Å². The SMILES string of the molecule is CC(C)(C)OC(=O)[C@@](CN)(c1ccccc1)c1c[nH]c2ccccc12. The zero-order chi connectivity index (χ0) is 18.1. The number of carbonyl (C=O) groups excluding carboxylic acids is 1. The van der Waals surface area contributed by atoms with Crippen molar-refractivity contribution in [1.29, 1.82) is 0 Å². The fourth-order valence-corrected chi connectivity index (χ4v) is 3.21. The van der Waals surface area contributed by atoms with E-state index < -0.39 is 11.0 Å². The summed E-state index contributed by atoms with van der Waals surface area (Å²) in [6.07, 6.45) is 1.87. The second-order valence-corrected chi connectivity index (χ2v) is 7.23. The highest BCUT2D eigenvalue weighted by atomic mass is 16.6. The van der Waals surface area contributed by atoms with E-state index in [1.54, 1.807) is 0 Å². The molecule has 130 valence electrons. The van der Waals surface area contributed by atoms with Crippen molar-refractivity contribution in [3.8, 4) is 0 Å².